The van der Waals surface area contributed by atoms with Crippen LogP contribution in [0, 0.1) is 18.2 Å². The lowest BCUT2D eigenvalue weighted by atomic mass is 10.0. The standard InChI is InChI=1S/C24H27FN8/c1-13-28-9-14(10-29-13)6-18-30-21-19(16-7-15(25)8-17(27-3)20(16)32-21)22(31-18)33-5-4-24(12-33)11-23(24,2)26/h7-10,27H,4-6,11-12,26H2,1-3H3,(H,30,31,32)/t23?,24-/m1/s1. The van der Waals surface area contributed by atoms with Crippen molar-refractivity contribution in [2.24, 2.45) is 11.1 Å². The van der Waals surface area contributed by atoms with Crippen LogP contribution in [0.2, 0.25) is 0 Å². The summed E-state index contributed by atoms with van der Waals surface area (Å²) in [6.07, 6.45) is 6.18. The van der Waals surface area contributed by atoms with Crippen molar-refractivity contribution in [2.75, 3.05) is 30.4 Å². The number of aryl methyl sites for hydroxylation is 1. The fourth-order valence-electron chi connectivity index (χ4n) is 5.41. The molecule has 1 aromatic carbocycles. The number of H-pyrrole nitrogens is 1. The minimum absolute atomic E-state index is 0.128. The van der Waals surface area contributed by atoms with Crippen molar-refractivity contribution in [3.8, 4) is 0 Å². The average Bonchev–Trinajstić information content (AvgIpc) is 3.10. The molecule has 1 aliphatic carbocycles. The number of nitrogens with one attached hydrogen (secondary N) is 2. The molecule has 1 saturated heterocycles. The second kappa shape index (κ2) is 6.84. The minimum Gasteiger partial charge on any atom is -0.386 e. The number of anilines is 2. The number of aromatic amines is 1. The summed E-state index contributed by atoms with van der Waals surface area (Å²) >= 11 is 0. The largest absolute Gasteiger partial charge is 0.386 e. The second-order valence-electron chi connectivity index (χ2n) is 9.80. The smallest absolute Gasteiger partial charge is 0.144 e. The van der Waals surface area contributed by atoms with E-state index >= 15 is 0 Å². The van der Waals surface area contributed by atoms with Gasteiger partial charge in [0.05, 0.1) is 16.6 Å². The van der Waals surface area contributed by atoms with Crippen LogP contribution < -0.4 is 16.0 Å². The molecule has 33 heavy (non-hydrogen) atoms. The lowest BCUT2D eigenvalue weighted by Crippen LogP contribution is -2.30. The average molecular weight is 447 g/mol. The summed E-state index contributed by atoms with van der Waals surface area (Å²) in [4.78, 5) is 24.1. The Morgan fingerprint density at radius 2 is 2.00 bits per heavy atom. The summed E-state index contributed by atoms with van der Waals surface area (Å²) in [6, 6.07) is 3.05. The maximum atomic E-state index is 14.5. The van der Waals surface area contributed by atoms with Gasteiger partial charge < -0.3 is 20.9 Å². The molecule has 2 atom stereocenters. The highest BCUT2D eigenvalue weighted by Crippen LogP contribution is 2.60. The number of hydrogen-bond donors (Lipinski definition) is 3. The molecule has 1 spiro atoms. The third-order valence-corrected chi connectivity index (χ3v) is 7.46. The van der Waals surface area contributed by atoms with Gasteiger partial charge in [0.25, 0.3) is 0 Å². The Balaban J connectivity index is 1.52. The molecule has 1 saturated carbocycles. The Hall–Kier alpha value is -3.33. The van der Waals surface area contributed by atoms with E-state index < -0.39 is 0 Å². The Morgan fingerprint density at radius 1 is 1.24 bits per heavy atom. The molecule has 1 unspecified atom stereocenters. The predicted octanol–water partition coefficient (Wildman–Crippen LogP) is 3.30. The van der Waals surface area contributed by atoms with E-state index in [1.165, 1.54) is 6.07 Å². The number of aromatic nitrogens is 5. The minimum atomic E-state index is -0.297. The molecule has 170 valence electrons. The monoisotopic (exact) mass is 446 g/mol. The van der Waals surface area contributed by atoms with Gasteiger partial charge in [-0.3, -0.25) is 0 Å². The van der Waals surface area contributed by atoms with Crippen LogP contribution in [0.5, 0.6) is 0 Å². The maximum Gasteiger partial charge on any atom is 0.144 e. The van der Waals surface area contributed by atoms with Gasteiger partial charge in [0.1, 0.15) is 28.9 Å². The molecule has 3 aromatic heterocycles. The first-order chi connectivity index (χ1) is 15.8. The van der Waals surface area contributed by atoms with Gasteiger partial charge in [0.15, 0.2) is 0 Å². The van der Waals surface area contributed by atoms with Gasteiger partial charge in [-0.2, -0.15) is 0 Å². The molecule has 0 amide bonds. The van der Waals surface area contributed by atoms with Crippen LogP contribution in [0.3, 0.4) is 0 Å². The van der Waals surface area contributed by atoms with Crippen molar-refractivity contribution in [2.45, 2.75) is 38.6 Å². The molecule has 6 rings (SSSR count). The highest BCUT2D eigenvalue weighted by molar-refractivity contribution is 6.14. The van der Waals surface area contributed by atoms with Crippen molar-refractivity contribution in [1.29, 1.82) is 0 Å². The Labute approximate surface area is 190 Å². The van der Waals surface area contributed by atoms with Gasteiger partial charge in [0, 0.05) is 55.3 Å². The third kappa shape index (κ3) is 3.13. The quantitative estimate of drug-likeness (QED) is 0.441. The van der Waals surface area contributed by atoms with Crippen LogP contribution in [-0.2, 0) is 6.42 Å². The van der Waals surface area contributed by atoms with E-state index in [0.29, 0.717) is 23.6 Å². The Morgan fingerprint density at radius 3 is 2.67 bits per heavy atom. The number of nitrogens with two attached hydrogens (primary N) is 1. The van der Waals surface area contributed by atoms with Crippen LogP contribution >= 0.6 is 0 Å². The normalized spacial score (nSPS) is 24.3. The molecule has 9 heteroatoms. The molecule has 0 bridgehead atoms. The van der Waals surface area contributed by atoms with E-state index in [-0.39, 0.29) is 16.8 Å². The molecular weight excluding hydrogens is 419 g/mol. The van der Waals surface area contributed by atoms with E-state index in [1.54, 1.807) is 13.1 Å². The number of halogens is 1. The second-order valence-corrected chi connectivity index (χ2v) is 9.80. The topological polar surface area (TPSA) is 109 Å². The summed E-state index contributed by atoms with van der Waals surface area (Å²) in [6.45, 7) is 5.71. The third-order valence-electron chi connectivity index (χ3n) is 7.46. The van der Waals surface area contributed by atoms with Gasteiger partial charge >= 0.3 is 0 Å². The first-order valence-electron chi connectivity index (χ1n) is 11.3. The van der Waals surface area contributed by atoms with Crippen LogP contribution in [0.25, 0.3) is 21.9 Å². The summed E-state index contributed by atoms with van der Waals surface area (Å²) in [5, 5.41) is 4.72. The van der Waals surface area contributed by atoms with Crippen molar-refractivity contribution in [3.63, 3.8) is 0 Å². The zero-order valence-electron chi connectivity index (χ0n) is 19.0. The lowest BCUT2D eigenvalue weighted by Gasteiger charge is -2.20. The summed E-state index contributed by atoms with van der Waals surface area (Å²) in [7, 11) is 1.79. The van der Waals surface area contributed by atoms with Gasteiger partial charge in [-0.25, -0.2) is 24.3 Å². The van der Waals surface area contributed by atoms with Crippen molar-refractivity contribution < 1.29 is 4.39 Å². The van der Waals surface area contributed by atoms with Crippen LogP contribution in [0.4, 0.5) is 15.9 Å². The van der Waals surface area contributed by atoms with Gasteiger partial charge in [0.2, 0.25) is 0 Å². The maximum absolute atomic E-state index is 14.5. The highest BCUT2D eigenvalue weighted by Gasteiger charge is 2.64. The highest BCUT2D eigenvalue weighted by atomic mass is 19.1. The fraction of sp³-hybridized carbons (Fsp3) is 0.417. The lowest BCUT2D eigenvalue weighted by molar-refractivity contribution is 0.479. The molecule has 4 N–H and O–H groups in total. The number of nitrogens with zero attached hydrogens (tertiary/aromatic N) is 5. The first kappa shape index (κ1) is 20.3. The molecular formula is C24H27FN8. The number of rotatable bonds is 4. The molecule has 2 aliphatic rings. The summed E-state index contributed by atoms with van der Waals surface area (Å²) in [5.74, 6) is 1.94. The first-order valence-corrected chi connectivity index (χ1v) is 11.3. The predicted molar refractivity (Wildman–Crippen MR) is 127 cm³/mol. The Bertz CT molecular complexity index is 1390. The number of benzene rings is 1. The van der Waals surface area contributed by atoms with Gasteiger partial charge in [-0.1, -0.05) is 0 Å². The van der Waals surface area contributed by atoms with E-state index in [1.807, 2.05) is 19.3 Å². The zero-order chi connectivity index (χ0) is 23.0. The number of hydrogen-bond acceptors (Lipinski definition) is 7. The van der Waals surface area contributed by atoms with E-state index in [2.05, 4.69) is 32.1 Å². The molecule has 4 aromatic rings. The van der Waals surface area contributed by atoms with Gasteiger partial charge in [-0.05, 0) is 44.4 Å². The van der Waals surface area contributed by atoms with Crippen LogP contribution in [-0.4, -0.2) is 50.6 Å². The Kier molecular flexibility index (Phi) is 4.20. The van der Waals surface area contributed by atoms with Crippen molar-refractivity contribution in [3.05, 3.63) is 47.6 Å². The molecule has 2 fully saturated rings. The number of fused-ring (bicyclic) bond motifs is 3. The van der Waals surface area contributed by atoms with E-state index in [4.69, 9.17) is 15.7 Å². The van der Waals surface area contributed by atoms with E-state index in [0.717, 1.165) is 59.4 Å². The van der Waals surface area contributed by atoms with Crippen LogP contribution in [0.15, 0.2) is 24.5 Å². The summed E-state index contributed by atoms with van der Waals surface area (Å²) < 4.78 is 14.5. The van der Waals surface area contributed by atoms with Crippen molar-refractivity contribution in [1.82, 2.24) is 24.9 Å². The zero-order valence-corrected chi connectivity index (χ0v) is 19.0. The van der Waals surface area contributed by atoms with Crippen LogP contribution in [0.1, 0.15) is 37.0 Å². The fourth-order valence-corrected chi connectivity index (χ4v) is 5.41. The van der Waals surface area contributed by atoms with E-state index in [9.17, 15) is 4.39 Å². The molecule has 8 nitrogen and oxygen atoms in total. The molecule has 4 heterocycles. The molecule has 1 aliphatic heterocycles. The SMILES string of the molecule is CNc1cc(F)cc2c1[nH]c1nc(Cc3cnc(C)nc3)nc(N3CC[C@]4(C3)CC4(C)N)c12. The molecule has 0 radical (unpaired) electrons. The van der Waals surface area contributed by atoms with Crippen molar-refractivity contribution >= 4 is 33.4 Å². The summed E-state index contributed by atoms with van der Waals surface area (Å²) in [5.41, 5.74) is 9.64. The van der Waals surface area contributed by atoms with Gasteiger partial charge in [-0.15, -0.1) is 0 Å².